The van der Waals surface area contributed by atoms with Crippen molar-refractivity contribution in [1.82, 2.24) is 5.32 Å². The van der Waals surface area contributed by atoms with Crippen LogP contribution < -0.4 is 5.32 Å². The van der Waals surface area contributed by atoms with Gasteiger partial charge in [0.15, 0.2) is 12.6 Å². The van der Waals surface area contributed by atoms with E-state index in [1.165, 1.54) is 218 Å². The second kappa shape index (κ2) is 53.4. The van der Waals surface area contributed by atoms with Crippen molar-refractivity contribution in [3.05, 3.63) is 36.5 Å². The van der Waals surface area contributed by atoms with Crippen molar-refractivity contribution < 1.29 is 64.6 Å². The molecule has 2 aliphatic heterocycles. The summed E-state index contributed by atoms with van der Waals surface area (Å²) in [4.78, 5) is 13.3. The monoisotopic (exact) mass is 1170 g/mol. The topological polar surface area (TPSA) is 228 Å². The van der Waals surface area contributed by atoms with Crippen LogP contribution in [0.4, 0.5) is 0 Å². The van der Waals surface area contributed by atoms with Crippen molar-refractivity contribution in [2.45, 2.75) is 370 Å². The van der Waals surface area contributed by atoms with Gasteiger partial charge in [-0.15, -0.1) is 0 Å². The molecule has 2 rings (SSSR count). The third-order valence-corrected chi connectivity index (χ3v) is 16.8. The number of carbonyl (C=O) groups excluding carboxylic acids is 1. The van der Waals surface area contributed by atoms with Gasteiger partial charge in [0.05, 0.1) is 32.0 Å². The van der Waals surface area contributed by atoms with Crippen LogP contribution in [0.25, 0.3) is 0 Å². The molecule has 0 aromatic rings. The Balaban J connectivity index is 1.68. The van der Waals surface area contributed by atoms with Gasteiger partial charge in [-0.1, -0.05) is 281 Å². The molecule has 1 amide bonds. The third kappa shape index (κ3) is 37.7. The first kappa shape index (κ1) is 76.3. The highest BCUT2D eigenvalue weighted by Crippen LogP contribution is 2.30. The smallest absolute Gasteiger partial charge is 0.220 e. The Labute approximate surface area is 500 Å². The van der Waals surface area contributed by atoms with Crippen LogP contribution in [0.15, 0.2) is 36.5 Å². The number of aliphatic hydroxyl groups excluding tert-OH is 8. The standard InChI is InChI=1S/C68H127NO13/c1-3-5-7-9-11-13-15-17-19-21-23-24-25-26-27-28-29-30-31-32-34-36-38-40-42-44-46-48-50-52-60(73)69-56(57(72)51-49-47-45-43-41-39-37-35-33-22-20-18-16-14-12-10-8-6-4-2)55-79-67-65(78)63(76)66(59(54-71)81-67)82-68-64(77)62(75)61(74)58(53-70)80-68/h33,35,41,43,49,51,56-59,61-68,70-72,74-78H,3-32,34,36-40,42,44-48,50,52-55H2,1-2H3,(H,69,73)/b35-33+,43-41+,51-49+. The second-order valence-corrected chi connectivity index (χ2v) is 24.3. The van der Waals surface area contributed by atoms with Gasteiger partial charge in [0.1, 0.15) is 48.8 Å². The highest BCUT2D eigenvalue weighted by atomic mass is 16.7. The van der Waals surface area contributed by atoms with Crippen LogP contribution in [-0.4, -0.2) is 140 Å². The maximum absolute atomic E-state index is 13.3. The summed E-state index contributed by atoms with van der Waals surface area (Å²) >= 11 is 0. The van der Waals surface area contributed by atoms with E-state index in [0.717, 1.165) is 44.9 Å². The molecule has 0 spiro atoms. The van der Waals surface area contributed by atoms with Crippen LogP contribution in [0.1, 0.15) is 296 Å². The third-order valence-electron chi connectivity index (χ3n) is 16.8. The van der Waals surface area contributed by atoms with Gasteiger partial charge in [0.25, 0.3) is 0 Å². The van der Waals surface area contributed by atoms with Crippen molar-refractivity contribution in [1.29, 1.82) is 0 Å². The predicted molar refractivity (Wildman–Crippen MR) is 332 cm³/mol. The molecule has 2 heterocycles. The molecule has 0 aromatic carbocycles. The van der Waals surface area contributed by atoms with Crippen molar-refractivity contribution in [2.75, 3.05) is 19.8 Å². The molecule has 9 N–H and O–H groups in total. The number of hydrogen-bond acceptors (Lipinski definition) is 13. The zero-order chi connectivity index (χ0) is 59.5. The number of rotatable bonds is 56. The molecule has 12 unspecified atom stereocenters. The fraction of sp³-hybridized carbons (Fsp3) is 0.897. The molecule has 0 radical (unpaired) electrons. The van der Waals surface area contributed by atoms with Crippen LogP contribution in [0.5, 0.6) is 0 Å². The van der Waals surface area contributed by atoms with Gasteiger partial charge in [-0.3, -0.25) is 4.79 Å². The number of nitrogens with one attached hydrogen (secondary N) is 1. The first-order chi connectivity index (χ1) is 40.1. The van der Waals surface area contributed by atoms with Crippen molar-refractivity contribution in [3.8, 4) is 0 Å². The Morgan fingerprint density at radius 1 is 0.427 bits per heavy atom. The van der Waals surface area contributed by atoms with Gasteiger partial charge in [0, 0.05) is 6.42 Å². The van der Waals surface area contributed by atoms with Crippen LogP contribution in [0.2, 0.25) is 0 Å². The maximum atomic E-state index is 13.3. The SMILES string of the molecule is CCCCCCCCCCC/C=C/CC/C=C/CC/C=C/C(O)C(COC1OC(CO)C(OC2OC(CO)C(O)C(O)C2O)C(O)C1O)NC(=O)CCCCCCCCCCCCCCCCCCCCCCCCCCCCCCC. The lowest BCUT2D eigenvalue weighted by atomic mass is 9.97. The average Bonchev–Trinajstić information content (AvgIpc) is 3.66. The summed E-state index contributed by atoms with van der Waals surface area (Å²) < 4.78 is 22.8. The van der Waals surface area contributed by atoms with Gasteiger partial charge < -0.3 is 65.1 Å². The highest BCUT2D eigenvalue weighted by Gasteiger charge is 2.51. The van der Waals surface area contributed by atoms with E-state index < -0.39 is 86.8 Å². The Morgan fingerprint density at radius 3 is 1.20 bits per heavy atom. The van der Waals surface area contributed by atoms with Crippen molar-refractivity contribution in [2.24, 2.45) is 0 Å². The van der Waals surface area contributed by atoms with Crippen molar-refractivity contribution in [3.63, 3.8) is 0 Å². The average molecular weight is 1170 g/mol. The summed E-state index contributed by atoms with van der Waals surface area (Å²) in [7, 11) is 0. The Bertz CT molecular complexity index is 1510. The molecule has 482 valence electrons. The second-order valence-electron chi connectivity index (χ2n) is 24.3. The number of allylic oxidation sites excluding steroid dienone is 5. The number of amides is 1. The normalized spacial score (nSPS) is 24.1. The van der Waals surface area contributed by atoms with Gasteiger partial charge in [-0.25, -0.2) is 0 Å². The first-order valence-corrected chi connectivity index (χ1v) is 34.2. The van der Waals surface area contributed by atoms with Crippen LogP contribution in [0.3, 0.4) is 0 Å². The largest absolute Gasteiger partial charge is 0.394 e. The summed E-state index contributed by atoms with van der Waals surface area (Å²) in [6.07, 6.45) is 50.6. The van der Waals surface area contributed by atoms with E-state index in [0.29, 0.717) is 12.8 Å². The molecule has 14 heteroatoms. The minimum atomic E-state index is -1.79. The molecule has 0 bridgehead atoms. The summed E-state index contributed by atoms with van der Waals surface area (Å²) in [6.45, 7) is 2.81. The number of carbonyl (C=O) groups is 1. The van der Waals surface area contributed by atoms with Crippen molar-refractivity contribution >= 4 is 5.91 Å². The van der Waals surface area contributed by atoms with Crippen LogP contribution in [0, 0.1) is 0 Å². The maximum Gasteiger partial charge on any atom is 0.220 e. The number of aliphatic hydroxyl groups is 8. The lowest BCUT2D eigenvalue weighted by Gasteiger charge is -2.46. The molecule has 82 heavy (non-hydrogen) atoms. The summed E-state index contributed by atoms with van der Waals surface area (Å²) in [6, 6.07) is -0.936. The van der Waals surface area contributed by atoms with E-state index in [2.05, 4.69) is 43.5 Å². The molecule has 0 saturated carbocycles. The van der Waals surface area contributed by atoms with Crippen LogP contribution in [-0.2, 0) is 23.7 Å². The first-order valence-electron chi connectivity index (χ1n) is 34.2. The summed E-state index contributed by atoms with van der Waals surface area (Å²) in [5.74, 6) is -0.248. The predicted octanol–water partition coefficient (Wildman–Crippen LogP) is 13.3. The van der Waals surface area contributed by atoms with E-state index in [1.54, 1.807) is 6.08 Å². The van der Waals surface area contributed by atoms with E-state index in [1.807, 2.05) is 6.08 Å². The zero-order valence-corrected chi connectivity index (χ0v) is 52.2. The highest BCUT2D eigenvalue weighted by molar-refractivity contribution is 5.76. The van der Waals surface area contributed by atoms with Gasteiger partial charge >= 0.3 is 0 Å². The minimum Gasteiger partial charge on any atom is -0.394 e. The fourth-order valence-corrected chi connectivity index (χ4v) is 11.3. The fourth-order valence-electron chi connectivity index (χ4n) is 11.3. The quantitative estimate of drug-likeness (QED) is 0.0204. The molecular weight excluding hydrogens is 1040 g/mol. The molecule has 2 fully saturated rings. The molecule has 0 aliphatic carbocycles. The van der Waals surface area contributed by atoms with Crippen LogP contribution >= 0.6 is 0 Å². The Hall–Kier alpha value is -1.79. The Kier molecular flexibility index (Phi) is 49.7. The van der Waals surface area contributed by atoms with E-state index in [9.17, 15) is 45.6 Å². The minimum absolute atomic E-state index is 0.248. The molecule has 12 atom stereocenters. The molecule has 2 saturated heterocycles. The Morgan fingerprint density at radius 2 is 0.780 bits per heavy atom. The zero-order valence-electron chi connectivity index (χ0n) is 52.2. The molecule has 0 aromatic heterocycles. The number of unbranched alkanes of at least 4 members (excludes halogenated alkanes) is 39. The lowest BCUT2D eigenvalue weighted by molar-refractivity contribution is -0.359. The number of hydrogen-bond donors (Lipinski definition) is 9. The molecular formula is C68H127NO13. The van der Waals surface area contributed by atoms with Gasteiger partial charge in [-0.05, 0) is 44.9 Å². The van der Waals surface area contributed by atoms with Gasteiger partial charge in [-0.2, -0.15) is 0 Å². The summed E-state index contributed by atoms with van der Waals surface area (Å²) in [5.41, 5.74) is 0. The molecule has 14 nitrogen and oxygen atoms in total. The summed E-state index contributed by atoms with van der Waals surface area (Å²) in [5, 5.41) is 87.3. The van der Waals surface area contributed by atoms with Gasteiger partial charge in [0.2, 0.25) is 5.91 Å². The lowest BCUT2D eigenvalue weighted by Crippen LogP contribution is -2.65. The van der Waals surface area contributed by atoms with E-state index in [-0.39, 0.29) is 18.9 Å². The molecule has 2 aliphatic rings. The van der Waals surface area contributed by atoms with E-state index in [4.69, 9.17) is 18.9 Å². The van der Waals surface area contributed by atoms with E-state index >= 15 is 0 Å². The number of ether oxygens (including phenoxy) is 4.